The molecular formula is C21H19F3N4OS. The van der Waals surface area contributed by atoms with E-state index in [2.05, 4.69) is 15.1 Å². The number of nitrogens with zero attached hydrogens (tertiary/aromatic N) is 4. The Morgan fingerprint density at radius 3 is 2.80 bits per heavy atom. The highest BCUT2D eigenvalue weighted by atomic mass is 32.1. The molecule has 1 aliphatic rings. The molecule has 0 atom stereocenters. The van der Waals surface area contributed by atoms with Gasteiger partial charge in [0.1, 0.15) is 17.3 Å². The number of hydrogen-bond donors (Lipinski definition) is 0. The maximum Gasteiger partial charge on any atom is 0.392 e. The minimum Gasteiger partial charge on any atom is -0.395 e. The van der Waals surface area contributed by atoms with E-state index < -0.39 is 19.2 Å². The summed E-state index contributed by atoms with van der Waals surface area (Å²) < 4.78 is 36.9. The van der Waals surface area contributed by atoms with E-state index in [1.165, 1.54) is 11.3 Å². The van der Waals surface area contributed by atoms with Gasteiger partial charge in [0.2, 0.25) is 0 Å². The van der Waals surface area contributed by atoms with Gasteiger partial charge in [-0.05, 0) is 49.9 Å². The summed E-state index contributed by atoms with van der Waals surface area (Å²) in [5, 5.41) is 4.83. The number of aromatic nitrogens is 3. The van der Waals surface area contributed by atoms with Gasteiger partial charge in [-0.1, -0.05) is 11.2 Å². The third-order valence-electron chi connectivity index (χ3n) is 4.70. The number of fused-ring (bicyclic) bond motifs is 1. The number of pyridine rings is 2. The fraction of sp³-hybridized carbons (Fsp3) is 0.333. The second-order valence-corrected chi connectivity index (χ2v) is 7.97. The third kappa shape index (κ3) is 4.67. The minimum absolute atomic E-state index is 0.496. The molecule has 1 aliphatic carbocycles. The Balaban J connectivity index is 1.61. The minimum atomic E-state index is -4.26. The van der Waals surface area contributed by atoms with E-state index in [-0.39, 0.29) is 0 Å². The van der Waals surface area contributed by atoms with Crippen LogP contribution < -0.4 is 0 Å². The van der Waals surface area contributed by atoms with Crippen molar-refractivity contribution in [3.05, 3.63) is 53.6 Å². The highest BCUT2D eigenvalue weighted by molar-refractivity contribution is 7.18. The zero-order valence-electron chi connectivity index (χ0n) is 16.2. The Kier molecular flexibility index (Phi) is 5.80. The summed E-state index contributed by atoms with van der Waals surface area (Å²) in [6, 6.07) is 7.79. The summed E-state index contributed by atoms with van der Waals surface area (Å²) in [6.45, 7) is 1.44. The third-order valence-corrected chi connectivity index (χ3v) is 5.93. The van der Waals surface area contributed by atoms with Crippen LogP contribution >= 0.6 is 11.3 Å². The highest BCUT2D eigenvalue weighted by Gasteiger charge is 2.27. The standard InChI is InChI=1S/C21H19F3N4OS/c1-13-19(30-20(26-13)15-5-3-10-25-12-15)17-8-7-14-4-2-6-16(18(14)27-17)28-29-11-9-21(22,23)24/h3,5,7-8,10,12H,2,4,6,9,11H2,1H3. The second-order valence-electron chi connectivity index (χ2n) is 6.97. The molecule has 0 saturated heterocycles. The average Bonchev–Trinajstić information content (AvgIpc) is 3.12. The van der Waals surface area contributed by atoms with E-state index in [4.69, 9.17) is 9.82 Å². The van der Waals surface area contributed by atoms with Crippen molar-refractivity contribution in [2.45, 2.75) is 38.8 Å². The molecule has 0 amide bonds. The zero-order valence-corrected chi connectivity index (χ0v) is 17.1. The second kappa shape index (κ2) is 8.51. The molecule has 0 fully saturated rings. The van der Waals surface area contributed by atoms with Crippen LogP contribution in [0.5, 0.6) is 0 Å². The lowest BCUT2D eigenvalue weighted by molar-refractivity contribution is -0.145. The quantitative estimate of drug-likeness (QED) is 0.390. The molecule has 3 aromatic heterocycles. The molecule has 3 heterocycles. The lowest BCUT2D eigenvalue weighted by Crippen LogP contribution is -2.16. The SMILES string of the molecule is Cc1nc(-c2cccnc2)sc1-c1ccc2c(n1)C(=NOCCC(F)(F)F)CCC2. The number of hydrogen-bond acceptors (Lipinski definition) is 6. The number of halogens is 3. The van der Waals surface area contributed by atoms with Crippen molar-refractivity contribution < 1.29 is 18.0 Å². The molecule has 3 aromatic rings. The van der Waals surface area contributed by atoms with Crippen LogP contribution in [0, 0.1) is 6.92 Å². The summed E-state index contributed by atoms with van der Waals surface area (Å²) in [7, 11) is 0. The topological polar surface area (TPSA) is 60.3 Å². The van der Waals surface area contributed by atoms with Crippen molar-refractivity contribution in [2.75, 3.05) is 6.61 Å². The molecule has 30 heavy (non-hydrogen) atoms. The van der Waals surface area contributed by atoms with Crippen LogP contribution in [0.1, 0.15) is 36.2 Å². The van der Waals surface area contributed by atoms with Gasteiger partial charge in [-0.15, -0.1) is 11.3 Å². The smallest absolute Gasteiger partial charge is 0.392 e. The van der Waals surface area contributed by atoms with Gasteiger partial charge in [-0.25, -0.2) is 9.97 Å². The predicted octanol–water partition coefficient (Wildman–Crippen LogP) is 5.58. The molecule has 0 radical (unpaired) electrons. The summed E-state index contributed by atoms with van der Waals surface area (Å²) in [4.78, 5) is 19.5. The predicted molar refractivity (Wildman–Crippen MR) is 109 cm³/mol. The number of alkyl halides is 3. The molecule has 0 saturated carbocycles. The molecule has 0 unspecified atom stereocenters. The van der Waals surface area contributed by atoms with Crippen LogP contribution in [0.4, 0.5) is 13.2 Å². The monoisotopic (exact) mass is 432 g/mol. The first-order valence-electron chi connectivity index (χ1n) is 9.55. The largest absolute Gasteiger partial charge is 0.395 e. The molecule has 0 bridgehead atoms. The maximum atomic E-state index is 12.3. The summed E-state index contributed by atoms with van der Waals surface area (Å²) in [5.41, 5.74) is 4.88. The van der Waals surface area contributed by atoms with Gasteiger partial charge in [0, 0.05) is 18.0 Å². The van der Waals surface area contributed by atoms with Gasteiger partial charge < -0.3 is 4.84 Å². The molecule has 0 spiro atoms. The van der Waals surface area contributed by atoms with Gasteiger partial charge in [0.05, 0.1) is 28.4 Å². The lowest BCUT2D eigenvalue weighted by atomic mass is 9.94. The van der Waals surface area contributed by atoms with Crippen molar-refractivity contribution >= 4 is 17.0 Å². The van der Waals surface area contributed by atoms with Crippen LogP contribution in [0.15, 0.2) is 41.8 Å². The Morgan fingerprint density at radius 2 is 2.03 bits per heavy atom. The molecule has 156 valence electrons. The summed E-state index contributed by atoms with van der Waals surface area (Å²) >= 11 is 1.53. The van der Waals surface area contributed by atoms with E-state index in [1.54, 1.807) is 12.4 Å². The van der Waals surface area contributed by atoms with Gasteiger partial charge >= 0.3 is 6.18 Å². The molecule has 4 rings (SSSR count). The maximum absolute atomic E-state index is 12.3. The Hall–Kier alpha value is -2.81. The fourth-order valence-electron chi connectivity index (χ4n) is 3.25. The van der Waals surface area contributed by atoms with Gasteiger partial charge in [0.15, 0.2) is 0 Å². The van der Waals surface area contributed by atoms with Crippen molar-refractivity contribution in [1.29, 1.82) is 0 Å². The first-order valence-corrected chi connectivity index (χ1v) is 10.4. The van der Waals surface area contributed by atoms with Crippen LogP contribution in [0.2, 0.25) is 0 Å². The van der Waals surface area contributed by atoms with Crippen LogP contribution in [0.25, 0.3) is 21.1 Å². The van der Waals surface area contributed by atoms with Gasteiger partial charge in [-0.3, -0.25) is 4.98 Å². The van der Waals surface area contributed by atoms with E-state index >= 15 is 0 Å². The number of thiazole rings is 1. The van der Waals surface area contributed by atoms with E-state index in [0.717, 1.165) is 45.2 Å². The number of aryl methyl sites for hydroxylation is 2. The van der Waals surface area contributed by atoms with Crippen molar-refractivity contribution in [2.24, 2.45) is 5.16 Å². The molecule has 0 aromatic carbocycles. The Labute approximate surface area is 175 Å². The van der Waals surface area contributed by atoms with Gasteiger partial charge in [0.25, 0.3) is 0 Å². The molecule has 9 heteroatoms. The summed E-state index contributed by atoms with van der Waals surface area (Å²) in [6.07, 6.45) is 0.539. The fourth-order valence-corrected chi connectivity index (χ4v) is 4.28. The molecule has 5 nitrogen and oxygen atoms in total. The van der Waals surface area contributed by atoms with Crippen LogP contribution in [0.3, 0.4) is 0 Å². The van der Waals surface area contributed by atoms with Crippen molar-refractivity contribution in [1.82, 2.24) is 15.0 Å². The Morgan fingerprint density at radius 1 is 1.17 bits per heavy atom. The Bertz CT molecular complexity index is 1060. The average molecular weight is 432 g/mol. The van der Waals surface area contributed by atoms with E-state index in [1.807, 2.05) is 31.2 Å². The lowest BCUT2D eigenvalue weighted by Gasteiger charge is -2.17. The van der Waals surface area contributed by atoms with Crippen molar-refractivity contribution in [3.63, 3.8) is 0 Å². The van der Waals surface area contributed by atoms with Crippen molar-refractivity contribution in [3.8, 4) is 21.1 Å². The number of oxime groups is 1. The highest BCUT2D eigenvalue weighted by Crippen LogP contribution is 2.35. The van der Waals surface area contributed by atoms with Gasteiger partial charge in [-0.2, -0.15) is 13.2 Å². The van der Waals surface area contributed by atoms with E-state index in [9.17, 15) is 13.2 Å². The normalized spacial score (nSPS) is 15.3. The first kappa shape index (κ1) is 20.5. The molecular weight excluding hydrogens is 413 g/mol. The molecule has 0 aliphatic heterocycles. The summed E-state index contributed by atoms with van der Waals surface area (Å²) in [5.74, 6) is 0. The van der Waals surface area contributed by atoms with Crippen LogP contribution in [-0.4, -0.2) is 33.4 Å². The first-order chi connectivity index (χ1) is 14.4. The van der Waals surface area contributed by atoms with E-state index in [0.29, 0.717) is 17.8 Å². The molecule has 0 N–H and O–H groups in total. The number of rotatable bonds is 5. The van der Waals surface area contributed by atoms with Crippen LogP contribution in [-0.2, 0) is 11.3 Å². The zero-order chi connectivity index (χ0) is 21.1.